The van der Waals surface area contributed by atoms with Crippen LogP contribution < -0.4 is 15.1 Å². The molecule has 0 unspecified atom stereocenters. The largest absolute Gasteiger partial charge is 0.490 e. The normalized spacial score (nSPS) is 11.1. The number of carbonyl (C=O) groups excluding carboxylic acids is 1. The van der Waals surface area contributed by atoms with Gasteiger partial charge in [0.15, 0.2) is 11.5 Å². The summed E-state index contributed by atoms with van der Waals surface area (Å²) in [5, 5.41) is 0.742. The number of ether oxygens (including phenoxy) is 3. The van der Waals surface area contributed by atoms with E-state index in [0.29, 0.717) is 35.9 Å². The van der Waals surface area contributed by atoms with Gasteiger partial charge in [0.1, 0.15) is 12.2 Å². The SMILES string of the molecule is CCCOc1ccc(C=CC(=O)OCc2cc(=O)oc3cc(C)ccc23)cc1OCC. The topological polar surface area (TPSA) is 75.0 Å². The number of benzene rings is 2. The Morgan fingerprint density at radius 2 is 1.87 bits per heavy atom. The van der Waals surface area contributed by atoms with E-state index in [-0.39, 0.29) is 6.61 Å². The van der Waals surface area contributed by atoms with Crippen LogP contribution in [0.25, 0.3) is 17.0 Å². The summed E-state index contributed by atoms with van der Waals surface area (Å²) in [6.45, 7) is 6.94. The van der Waals surface area contributed by atoms with Crippen LogP contribution in [0.4, 0.5) is 0 Å². The monoisotopic (exact) mass is 422 g/mol. The summed E-state index contributed by atoms with van der Waals surface area (Å²) in [4.78, 5) is 24.0. The van der Waals surface area contributed by atoms with Crippen LogP contribution in [0.2, 0.25) is 0 Å². The highest BCUT2D eigenvalue weighted by molar-refractivity contribution is 5.87. The van der Waals surface area contributed by atoms with E-state index in [2.05, 4.69) is 0 Å². The quantitative estimate of drug-likeness (QED) is 0.273. The van der Waals surface area contributed by atoms with Crippen molar-refractivity contribution in [3.63, 3.8) is 0 Å². The van der Waals surface area contributed by atoms with Crippen molar-refractivity contribution in [2.24, 2.45) is 0 Å². The summed E-state index contributed by atoms with van der Waals surface area (Å²) >= 11 is 0. The molecule has 3 aromatic rings. The smallest absolute Gasteiger partial charge is 0.336 e. The molecule has 0 N–H and O–H groups in total. The third-order valence-electron chi connectivity index (χ3n) is 4.50. The van der Waals surface area contributed by atoms with Crippen LogP contribution in [0, 0.1) is 6.92 Å². The van der Waals surface area contributed by atoms with E-state index in [4.69, 9.17) is 18.6 Å². The Morgan fingerprint density at radius 3 is 2.65 bits per heavy atom. The molecule has 6 nitrogen and oxygen atoms in total. The Balaban J connectivity index is 1.69. The maximum absolute atomic E-state index is 12.2. The summed E-state index contributed by atoms with van der Waals surface area (Å²) in [5.74, 6) is 0.787. The number of rotatable bonds is 9. The molecule has 6 heteroatoms. The van der Waals surface area contributed by atoms with E-state index in [1.54, 1.807) is 12.1 Å². The second-order valence-corrected chi connectivity index (χ2v) is 7.02. The number of carbonyl (C=O) groups is 1. The molecule has 1 heterocycles. The van der Waals surface area contributed by atoms with Crippen molar-refractivity contribution in [3.05, 3.63) is 75.7 Å². The highest BCUT2D eigenvalue weighted by atomic mass is 16.5. The minimum atomic E-state index is -0.516. The first kappa shape index (κ1) is 22.2. The van der Waals surface area contributed by atoms with Crippen LogP contribution in [-0.4, -0.2) is 19.2 Å². The Bertz CT molecular complexity index is 1140. The molecule has 0 aliphatic carbocycles. The van der Waals surface area contributed by atoms with Gasteiger partial charge in [0.05, 0.1) is 13.2 Å². The number of esters is 1. The zero-order valence-electron chi connectivity index (χ0n) is 18.0. The van der Waals surface area contributed by atoms with Gasteiger partial charge < -0.3 is 18.6 Å². The van der Waals surface area contributed by atoms with Crippen molar-refractivity contribution < 1.29 is 23.4 Å². The van der Waals surface area contributed by atoms with Gasteiger partial charge in [-0.05, 0) is 55.7 Å². The molecule has 162 valence electrons. The van der Waals surface area contributed by atoms with Gasteiger partial charge in [0.2, 0.25) is 0 Å². The molecule has 0 atom stereocenters. The number of hydrogen-bond acceptors (Lipinski definition) is 6. The van der Waals surface area contributed by atoms with Crippen LogP contribution in [0.15, 0.2) is 57.8 Å². The minimum absolute atomic E-state index is 0.0255. The number of hydrogen-bond donors (Lipinski definition) is 0. The van der Waals surface area contributed by atoms with Gasteiger partial charge in [-0.1, -0.05) is 25.1 Å². The molecule has 1 aromatic heterocycles. The summed E-state index contributed by atoms with van der Waals surface area (Å²) in [6, 6.07) is 12.4. The van der Waals surface area contributed by atoms with Crippen molar-refractivity contribution in [1.82, 2.24) is 0 Å². The molecule has 0 saturated carbocycles. The summed E-state index contributed by atoms with van der Waals surface area (Å²) in [6.07, 6.45) is 3.89. The first-order valence-corrected chi connectivity index (χ1v) is 10.3. The highest BCUT2D eigenvalue weighted by Gasteiger charge is 2.09. The molecule has 0 radical (unpaired) electrons. The predicted molar refractivity (Wildman–Crippen MR) is 119 cm³/mol. The fourth-order valence-electron chi connectivity index (χ4n) is 3.05. The van der Waals surface area contributed by atoms with Crippen molar-refractivity contribution in [2.75, 3.05) is 13.2 Å². The second kappa shape index (κ2) is 10.5. The fourth-order valence-corrected chi connectivity index (χ4v) is 3.05. The molecule has 0 fully saturated rings. The van der Waals surface area contributed by atoms with Gasteiger partial charge in [0, 0.05) is 23.1 Å². The summed E-state index contributed by atoms with van der Waals surface area (Å²) in [5.41, 5.74) is 2.36. The molecule has 0 spiro atoms. The first-order chi connectivity index (χ1) is 15.0. The van der Waals surface area contributed by atoms with Crippen molar-refractivity contribution in [1.29, 1.82) is 0 Å². The van der Waals surface area contributed by atoms with Crippen molar-refractivity contribution in [3.8, 4) is 11.5 Å². The zero-order chi connectivity index (χ0) is 22.2. The van der Waals surface area contributed by atoms with Crippen LogP contribution in [0.1, 0.15) is 37.0 Å². The predicted octanol–water partition coefficient (Wildman–Crippen LogP) is 5.05. The molecule has 0 aliphatic heterocycles. The Morgan fingerprint density at radius 1 is 1.03 bits per heavy atom. The minimum Gasteiger partial charge on any atom is -0.490 e. The first-order valence-electron chi connectivity index (χ1n) is 10.3. The Kier molecular flexibility index (Phi) is 7.49. The second-order valence-electron chi connectivity index (χ2n) is 7.02. The van der Waals surface area contributed by atoms with E-state index < -0.39 is 11.6 Å². The molecular weight excluding hydrogens is 396 g/mol. The van der Waals surface area contributed by atoms with Crippen LogP contribution in [0.5, 0.6) is 11.5 Å². The lowest BCUT2D eigenvalue weighted by Crippen LogP contribution is -2.05. The van der Waals surface area contributed by atoms with Gasteiger partial charge in [-0.2, -0.15) is 0 Å². The van der Waals surface area contributed by atoms with Gasteiger partial charge in [-0.15, -0.1) is 0 Å². The fraction of sp³-hybridized carbons (Fsp3) is 0.280. The standard InChI is InChI=1S/C25H26O6/c1-4-12-29-21-10-7-18(14-23(21)28-5-2)8-11-24(26)30-16-19-15-25(27)31-22-13-17(3)6-9-20(19)22/h6-11,13-15H,4-5,12,16H2,1-3H3. The van der Waals surface area contributed by atoms with E-state index in [1.807, 2.05) is 51.1 Å². The van der Waals surface area contributed by atoms with E-state index in [0.717, 1.165) is 22.9 Å². The van der Waals surface area contributed by atoms with E-state index in [9.17, 15) is 9.59 Å². The molecule has 0 amide bonds. The van der Waals surface area contributed by atoms with Crippen molar-refractivity contribution >= 4 is 23.0 Å². The summed E-state index contributed by atoms with van der Waals surface area (Å²) in [7, 11) is 0. The van der Waals surface area contributed by atoms with Gasteiger partial charge in [0.25, 0.3) is 0 Å². The van der Waals surface area contributed by atoms with Gasteiger partial charge in [-0.3, -0.25) is 0 Å². The number of aryl methyl sites for hydroxylation is 1. The maximum Gasteiger partial charge on any atom is 0.336 e. The lowest BCUT2D eigenvalue weighted by Gasteiger charge is -2.12. The lowest BCUT2D eigenvalue weighted by molar-refractivity contribution is -0.138. The maximum atomic E-state index is 12.2. The van der Waals surface area contributed by atoms with Crippen LogP contribution >= 0.6 is 0 Å². The highest BCUT2D eigenvalue weighted by Crippen LogP contribution is 2.29. The van der Waals surface area contributed by atoms with E-state index >= 15 is 0 Å². The lowest BCUT2D eigenvalue weighted by atomic mass is 10.1. The molecule has 2 aromatic carbocycles. The molecule has 0 saturated heterocycles. The van der Waals surface area contributed by atoms with Gasteiger partial charge >= 0.3 is 11.6 Å². The third-order valence-corrected chi connectivity index (χ3v) is 4.50. The number of fused-ring (bicyclic) bond motifs is 1. The summed E-state index contributed by atoms with van der Waals surface area (Å²) < 4.78 is 21.9. The van der Waals surface area contributed by atoms with Crippen LogP contribution in [-0.2, 0) is 16.1 Å². The Labute approximate surface area is 181 Å². The molecule has 31 heavy (non-hydrogen) atoms. The average molecular weight is 422 g/mol. The van der Waals surface area contributed by atoms with Crippen molar-refractivity contribution in [2.45, 2.75) is 33.8 Å². The third kappa shape index (κ3) is 5.98. The Hall–Kier alpha value is -3.54. The molecule has 0 aliphatic rings. The average Bonchev–Trinajstić information content (AvgIpc) is 2.75. The van der Waals surface area contributed by atoms with Gasteiger partial charge in [-0.25, -0.2) is 9.59 Å². The molecule has 0 bridgehead atoms. The zero-order valence-corrected chi connectivity index (χ0v) is 18.0. The molecular formula is C25H26O6. The van der Waals surface area contributed by atoms with E-state index in [1.165, 1.54) is 12.1 Å². The molecule has 3 rings (SSSR count). The van der Waals surface area contributed by atoms with Crippen LogP contribution in [0.3, 0.4) is 0 Å².